The van der Waals surface area contributed by atoms with E-state index >= 15 is 0 Å². The van der Waals surface area contributed by atoms with Crippen molar-refractivity contribution >= 4 is 11.8 Å². The number of carbonyl (C=O) groups excluding carboxylic acids is 2. The zero-order valence-electron chi connectivity index (χ0n) is 9.36. The number of likely N-dealkylation sites (tertiary alicyclic amines) is 1. The van der Waals surface area contributed by atoms with Gasteiger partial charge in [0.2, 0.25) is 11.8 Å². The Morgan fingerprint density at radius 1 is 1.33 bits per heavy atom. The summed E-state index contributed by atoms with van der Waals surface area (Å²) in [6.45, 7) is 5.95. The molecule has 0 spiro atoms. The van der Waals surface area contributed by atoms with E-state index in [1.54, 1.807) is 6.92 Å². The van der Waals surface area contributed by atoms with Gasteiger partial charge in [0.25, 0.3) is 0 Å². The molecule has 2 fully saturated rings. The minimum absolute atomic E-state index is 0.0457. The van der Waals surface area contributed by atoms with Crippen molar-refractivity contribution in [1.82, 2.24) is 4.90 Å². The monoisotopic (exact) mass is 211 g/mol. The third kappa shape index (κ3) is 1.39. The third-order valence-electron chi connectivity index (χ3n) is 3.66. The van der Waals surface area contributed by atoms with E-state index in [1.807, 2.05) is 13.8 Å². The van der Waals surface area contributed by atoms with Crippen molar-refractivity contribution in [3.05, 3.63) is 0 Å². The second-order valence-electron chi connectivity index (χ2n) is 5.24. The zero-order chi connectivity index (χ0) is 11.4. The number of rotatable bonds is 3. The van der Waals surface area contributed by atoms with E-state index in [4.69, 9.17) is 5.11 Å². The molecule has 0 aromatic heterocycles. The van der Waals surface area contributed by atoms with Crippen molar-refractivity contribution in [1.29, 1.82) is 0 Å². The molecule has 0 radical (unpaired) electrons. The SMILES string of the molecule is CC(O)CCN1C(=O)C2C(C1=O)C2(C)C. The molecule has 2 amide bonds. The van der Waals surface area contributed by atoms with Gasteiger partial charge >= 0.3 is 0 Å². The van der Waals surface area contributed by atoms with Crippen molar-refractivity contribution in [2.24, 2.45) is 17.3 Å². The van der Waals surface area contributed by atoms with Crippen LogP contribution in [0, 0.1) is 17.3 Å². The number of piperidine rings is 1. The lowest BCUT2D eigenvalue weighted by Crippen LogP contribution is -2.37. The van der Waals surface area contributed by atoms with Crippen LogP contribution in [0.25, 0.3) is 0 Å². The zero-order valence-corrected chi connectivity index (χ0v) is 9.36. The number of fused-ring (bicyclic) bond motifs is 1. The molecular formula is C11H17NO3. The van der Waals surface area contributed by atoms with Crippen LogP contribution in [0.1, 0.15) is 27.2 Å². The number of nitrogens with zero attached hydrogens (tertiary/aromatic N) is 1. The molecule has 0 aromatic rings. The Kier molecular flexibility index (Phi) is 2.15. The van der Waals surface area contributed by atoms with Gasteiger partial charge in [-0.05, 0) is 18.8 Å². The molecule has 2 rings (SSSR count). The van der Waals surface area contributed by atoms with E-state index in [-0.39, 0.29) is 29.1 Å². The van der Waals surface area contributed by atoms with Crippen LogP contribution in [0.3, 0.4) is 0 Å². The van der Waals surface area contributed by atoms with Gasteiger partial charge in [-0.15, -0.1) is 0 Å². The van der Waals surface area contributed by atoms with Crippen molar-refractivity contribution < 1.29 is 14.7 Å². The molecule has 1 aliphatic carbocycles. The lowest BCUT2D eigenvalue weighted by Gasteiger charge is -2.20. The van der Waals surface area contributed by atoms with Gasteiger partial charge in [-0.3, -0.25) is 14.5 Å². The first-order chi connectivity index (χ1) is 6.87. The van der Waals surface area contributed by atoms with Gasteiger partial charge in [-0.1, -0.05) is 13.8 Å². The van der Waals surface area contributed by atoms with Crippen LogP contribution in [0.15, 0.2) is 0 Å². The maximum Gasteiger partial charge on any atom is 0.233 e. The van der Waals surface area contributed by atoms with E-state index in [2.05, 4.69) is 0 Å². The Bertz CT molecular complexity index is 298. The highest BCUT2D eigenvalue weighted by atomic mass is 16.3. The predicted octanol–water partition coefficient (Wildman–Crippen LogP) is 0.398. The summed E-state index contributed by atoms with van der Waals surface area (Å²) in [5.41, 5.74) is -0.129. The van der Waals surface area contributed by atoms with Gasteiger partial charge in [-0.25, -0.2) is 0 Å². The van der Waals surface area contributed by atoms with E-state index < -0.39 is 6.10 Å². The van der Waals surface area contributed by atoms with Gasteiger partial charge in [0.15, 0.2) is 0 Å². The van der Waals surface area contributed by atoms with Crippen molar-refractivity contribution in [2.45, 2.75) is 33.3 Å². The first-order valence-electron chi connectivity index (χ1n) is 5.40. The molecule has 84 valence electrons. The van der Waals surface area contributed by atoms with Crippen LogP contribution in [-0.2, 0) is 9.59 Å². The van der Waals surface area contributed by atoms with Crippen LogP contribution < -0.4 is 0 Å². The number of hydrogen-bond acceptors (Lipinski definition) is 3. The Balaban J connectivity index is 2.02. The van der Waals surface area contributed by atoms with Gasteiger partial charge in [0, 0.05) is 6.54 Å². The molecule has 1 aliphatic heterocycles. The number of aliphatic hydroxyl groups excluding tert-OH is 1. The number of hydrogen-bond donors (Lipinski definition) is 1. The molecule has 1 heterocycles. The molecule has 4 heteroatoms. The molecule has 15 heavy (non-hydrogen) atoms. The van der Waals surface area contributed by atoms with Crippen molar-refractivity contribution in [2.75, 3.05) is 6.54 Å². The highest BCUT2D eigenvalue weighted by Gasteiger charge is 2.72. The van der Waals surface area contributed by atoms with Crippen molar-refractivity contribution in [3.63, 3.8) is 0 Å². The molecule has 2 aliphatic rings. The molecule has 4 nitrogen and oxygen atoms in total. The maximum atomic E-state index is 11.8. The fourth-order valence-electron chi connectivity index (χ4n) is 2.54. The summed E-state index contributed by atoms with van der Waals surface area (Å²) in [7, 11) is 0. The molecule has 1 saturated carbocycles. The summed E-state index contributed by atoms with van der Waals surface area (Å²) < 4.78 is 0. The fourth-order valence-corrected chi connectivity index (χ4v) is 2.54. The maximum absolute atomic E-state index is 11.8. The molecule has 0 bridgehead atoms. The average molecular weight is 211 g/mol. The Labute approximate surface area is 89.3 Å². The molecule has 3 atom stereocenters. The van der Waals surface area contributed by atoms with Crippen LogP contribution in [-0.4, -0.2) is 34.5 Å². The summed E-state index contributed by atoms with van der Waals surface area (Å²) in [4.78, 5) is 24.9. The van der Waals surface area contributed by atoms with Gasteiger partial charge in [-0.2, -0.15) is 0 Å². The largest absolute Gasteiger partial charge is 0.393 e. The lowest BCUT2D eigenvalue weighted by atomic mass is 10.1. The van der Waals surface area contributed by atoms with Gasteiger partial charge < -0.3 is 5.11 Å². The summed E-state index contributed by atoms with van der Waals surface area (Å²) in [5.74, 6) is -0.288. The number of aliphatic hydroxyl groups is 1. The minimum atomic E-state index is -0.462. The average Bonchev–Trinajstić information content (AvgIpc) is 2.56. The Morgan fingerprint density at radius 3 is 2.20 bits per heavy atom. The van der Waals surface area contributed by atoms with Crippen LogP contribution in [0.2, 0.25) is 0 Å². The Morgan fingerprint density at radius 2 is 1.80 bits per heavy atom. The third-order valence-corrected chi connectivity index (χ3v) is 3.66. The quantitative estimate of drug-likeness (QED) is 0.687. The second kappa shape index (κ2) is 3.04. The smallest absolute Gasteiger partial charge is 0.233 e. The number of carbonyl (C=O) groups is 2. The van der Waals surface area contributed by atoms with Gasteiger partial charge in [0.1, 0.15) is 0 Å². The summed E-state index contributed by atoms with van der Waals surface area (Å²) in [5, 5.41) is 9.12. The highest BCUT2D eigenvalue weighted by Crippen LogP contribution is 2.63. The van der Waals surface area contributed by atoms with Crippen LogP contribution in [0.4, 0.5) is 0 Å². The second-order valence-corrected chi connectivity index (χ2v) is 5.24. The number of amides is 2. The fraction of sp³-hybridized carbons (Fsp3) is 0.818. The van der Waals surface area contributed by atoms with E-state index in [9.17, 15) is 9.59 Å². The number of imide groups is 1. The van der Waals surface area contributed by atoms with Crippen molar-refractivity contribution in [3.8, 4) is 0 Å². The molecular weight excluding hydrogens is 194 g/mol. The molecule has 1 saturated heterocycles. The van der Waals surface area contributed by atoms with E-state index in [0.717, 1.165) is 0 Å². The van der Waals surface area contributed by atoms with Crippen LogP contribution in [0.5, 0.6) is 0 Å². The van der Waals surface area contributed by atoms with Gasteiger partial charge in [0.05, 0.1) is 17.9 Å². The standard InChI is InChI=1S/C11H17NO3/c1-6(13)4-5-12-9(14)7-8(10(12)15)11(7,2)3/h6-8,13H,4-5H2,1-3H3. The highest BCUT2D eigenvalue weighted by molar-refractivity contribution is 6.10. The summed E-state index contributed by atoms with van der Waals surface area (Å²) in [6, 6.07) is 0. The first-order valence-corrected chi connectivity index (χ1v) is 5.40. The minimum Gasteiger partial charge on any atom is -0.393 e. The summed E-state index contributed by atoms with van der Waals surface area (Å²) >= 11 is 0. The molecule has 1 N–H and O–H groups in total. The Hall–Kier alpha value is -0.900. The molecule has 3 unspecified atom stereocenters. The van der Waals surface area contributed by atoms with E-state index in [0.29, 0.717) is 13.0 Å². The lowest BCUT2D eigenvalue weighted by molar-refractivity contribution is -0.143. The summed E-state index contributed by atoms with van der Waals surface area (Å²) in [6.07, 6.45) is 0.00713. The first kappa shape index (κ1) is 10.6. The predicted molar refractivity (Wildman–Crippen MR) is 53.8 cm³/mol. The molecule has 0 aromatic carbocycles. The normalized spacial score (nSPS) is 34.3. The topological polar surface area (TPSA) is 57.6 Å². The van der Waals surface area contributed by atoms with E-state index in [1.165, 1.54) is 4.90 Å². The van der Waals surface area contributed by atoms with Crippen LogP contribution >= 0.6 is 0 Å².